The quantitative estimate of drug-likeness (QED) is 0.702. The number of rotatable bonds is 5. The Kier molecular flexibility index (Phi) is 5.44. The van der Waals surface area contributed by atoms with Crippen molar-refractivity contribution < 1.29 is 9.59 Å². The molecule has 0 rings (SSSR count). The molecule has 0 radical (unpaired) electrons. The fourth-order valence-electron chi connectivity index (χ4n) is 1.07. The Hall–Kier alpha value is -1.10. The maximum atomic E-state index is 11.7. The van der Waals surface area contributed by atoms with Crippen LogP contribution in [0.4, 0.5) is 0 Å². The molecule has 94 valence electrons. The second-order valence-electron chi connectivity index (χ2n) is 4.32. The first-order chi connectivity index (χ1) is 7.26. The first-order valence-corrected chi connectivity index (χ1v) is 5.61. The second-order valence-corrected chi connectivity index (χ2v) is 4.32. The third-order valence-corrected chi connectivity index (χ3v) is 2.82. The molecule has 2 amide bonds. The molecule has 0 bridgehead atoms. The molecule has 2 unspecified atom stereocenters. The van der Waals surface area contributed by atoms with Crippen LogP contribution in [-0.4, -0.2) is 41.9 Å². The zero-order valence-corrected chi connectivity index (χ0v) is 10.8. The van der Waals surface area contributed by atoms with Gasteiger partial charge in [-0.3, -0.25) is 9.59 Å². The van der Waals surface area contributed by atoms with Crippen molar-refractivity contribution in [2.75, 3.05) is 13.6 Å². The van der Waals surface area contributed by atoms with Crippen molar-refractivity contribution in [3.05, 3.63) is 0 Å². The van der Waals surface area contributed by atoms with Crippen LogP contribution in [0.5, 0.6) is 0 Å². The van der Waals surface area contributed by atoms with Gasteiger partial charge in [0.1, 0.15) is 6.04 Å². The maximum absolute atomic E-state index is 11.7. The Morgan fingerprint density at radius 3 is 2.31 bits per heavy atom. The summed E-state index contributed by atoms with van der Waals surface area (Å²) in [7, 11) is 1.70. The molecule has 0 aromatic heterocycles. The van der Waals surface area contributed by atoms with Crippen LogP contribution in [0.3, 0.4) is 0 Å². The van der Waals surface area contributed by atoms with Gasteiger partial charge in [-0.25, -0.2) is 0 Å². The van der Waals surface area contributed by atoms with Gasteiger partial charge in [-0.1, -0.05) is 6.92 Å². The molecule has 0 aromatic rings. The van der Waals surface area contributed by atoms with E-state index in [1.165, 1.54) is 0 Å². The summed E-state index contributed by atoms with van der Waals surface area (Å²) in [5.41, 5.74) is 4.86. The third-order valence-electron chi connectivity index (χ3n) is 2.82. The molecule has 0 heterocycles. The van der Waals surface area contributed by atoms with Gasteiger partial charge in [0, 0.05) is 13.6 Å². The molecule has 0 aromatic carbocycles. The van der Waals surface area contributed by atoms with E-state index >= 15 is 0 Å². The van der Waals surface area contributed by atoms with E-state index in [0.29, 0.717) is 13.0 Å². The van der Waals surface area contributed by atoms with Gasteiger partial charge in [0.25, 0.3) is 0 Å². The summed E-state index contributed by atoms with van der Waals surface area (Å²) >= 11 is 0. The predicted octanol–water partition coefficient (Wildman–Crippen LogP) is 0.0968. The summed E-state index contributed by atoms with van der Waals surface area (Å²) in [6.07, 6.45) is 0.531. The Labute approximate surface area is 97.4 Å². The van der Waals surface area contributed by atoms with Crippen molar-refractivity contribution in [3.63, 3.8) is 0 Å². The van der Waals surface area contributed by atoms with Gasteiger partial charge in [-0.2, -0.15) is 0 Å². The first kappa shape index (κ1) is 14.9. The maximum Gasteiger partial charge on any atom is 0.244 e. The molecule has 0 saturated carbocycles. The summed E-state index contributed by atoms with van der Waals surface area (Å²) in [6.45, 7) is 7.66. The molecule has 0 aliphatic rings. The van der Waals surface area contributed by atoms with Crippen molar-refractivity contribution in [2.45, 2.75) is 45.7 Å². The normalized spacial score (nSPS) is 16.1. The molecule has 16 heavy (non-hydrogen) atoms. The largest absolute Gasteiger partial charge is 0.344 e. The molecule has 2 atom stereocenters. The molecule has 0 aliphatic heterocycles. The number of likely N-dealkylation sites (N-methyl/N-ethyl adjacent to an activating group) is 1. The topological polar surface area (TPSA) is 75.4 Å². The Bertz CT molecular complexity index is 264. The van der Waals surface area contributed by atoms with Crippen LogP contribution < -0.4 is 11.1 Å². The molecule has 3 N–H and O–H groups in total. The number of carbonyl (C=O) groups is 2. The van der Waals surface area contributed by atoms with E-state index in [1.54, 1.807) is 25.8 Å². The third kappa shape index (κ3) is 3.81. The number of hydrogen-bond donors (Lipinski definition) is 2. The van der Waals surface area contributed by atoms with Crippen LogP contribution in [0.2, 0.25) is 0 Å². The number of nitrogens with zero attached hydrogens (tertiary/aromatic N) is 1. The van der Waals surface area contributed by atoms with E-state index in [4.69, 9.17) is 5.73 Å². The molecular weight excluding hydrogens is 206 g/mol. The van der Waals surface area contributed by atoms with Gasteiger partial charge in [0.05, 0.1) is 5.54 Å². The minimum atomic E-state index is -0.917. The zero-order valence-electron chi connectivity index (χ0n) is 10.8. The van der Waals surface area contributed by atoms with Gasteiger partial charge in [0.2, 0.25) is 11.8 Å². The highest BCUT2D eigenvalue weighted by molar-refractivity contribution is 5.91. The number of carbonyl (C=O) groups excluding carboxylic acids is 2. The summed E-state index contributed by atoms with van der Waals surface area (Å²) < 4.78 is 0. The minimum Gasteiger partial charge on any atom is -0.344 e. The van der Waals surface area contributed by atoms with Crippen molar-refractivity contribution in [1.82, 2.24) is 10.2 Å². The van der Waals surface area contributed by atoms with Crippen LogP contribution in [0.25, 0.3) is 0 Å². The van der Waals surface area contributed by atoms with Gasteiger partial charge < -0.3 is 16.0 Å². The van der Waals surface area contributed by atoms with Gasteiger partial charge >= 0.3 is 0 Å². The van der Waals surface area contributed by atoms with Crippen LogP contribution in [0, 0.1) is 0 Å². The number of hydrogen-bond acceptors (Lipinski definition) is 3. The lowest BCUT2D eigenvalue weighted by Crippen LogP contribution is -2.56. The van der Waals surface area contributed by atoms with Crippen molar-refractivity contribution in [2.24, 2.45) is 5.73 Å². The van der Waals surface area contributed by atoms with E-state index in [-0.39, 0.29) is 11.8 Å². The van der Waals surface area contributed by atoms with Gasteiger partial charge in [-0.05, 0) is 27.2 Å². The molecule has 0 saturated heterocycles. The number of nitrogens with one attached hydrogen (secondary N) is 1. The Morgan fingerprint density at radius 1 is 1.44 bits per heavy atom. The number of amides is 2. The second kappa shape index (κ2) is 5.84. The van der Waals surface area contributed by atoms with Crippen molar-refractivity contribution in [3.8, 4) is 0 Å². The molecule has 0 aliphatic carbocycles. The van der Waals surface area contributed by atoms with Crippen LogP contribution >= 0.6 is 0 Å². The lowest BCUT2D eigenvalue weighted by atomic mass is 9.99. The zero-order chi connectivity index (χ0) is 12.9. The van der Waals surface area contributed by atoms with Crippen molar-refractivity contribution in [1.29, 1.82) is 0 Å². The van der Waals surface area contributed by atoms with E-state index in [1.807, 2.05) is 13.8 Å². The van der Waals surface area contributed by atoms with Crippen LogP contribution in [0.15, 0.2) is 0 Å². The SMILES string of the molecule is CCN(C)C(=O)C(C)NC(=O)C(C)(N)CC. The van der Waals surface area contributed by atoms with Gasteiger partial charge in [-0.15, -0.1) is 0 Å². The van der Waals surface area contributed by atoms with E-state index < -0.39 is 11.6 Å². The van der Waals surface area contributed by atoms with E-state index in [2.05, 4.69) is 5.32 Å². The molecule has 5 heteroatoms. The number of nitrogens with two attached hydrogens (primary N) is 1. The smallest absolute Gasteiger partial charge is 0.244 e. The summed E-state index contributed by atoms with van der Waals surface area (Å²) in [6, 6.07) is -0.535. The summed E-state index contributed by atoms with van der Waals surface area (Å²) in [5, 5.41) is 2.63. The Balaban J connectivity index is 4.41. The Morgan fingerprint density at radius 2 is 1.94 bits per heavy atom. The average molecular weight is 229 g/mol. The lowest BCUT2D eigenvalue weighted by Gasteiger charge is -2.26. The van der Waals surface area contributed by atoms with Crippen LogP contribution in [-0.2, 0) is 9.59 Å². The van der Waals surface area contributed by atoms with Crippen LogP contribution in [0.1, 0.15) is 34.1 Å². The summed E-state index contributed by atoms with van der Waals surface area (Å²) in [4.78, 5) is 25.0. The standard InChI is InChI=1S/C11H23N3O2/c1-6-11(4,12)10(16)13-8(3)9(15)14(5)7-2/h8H,6-7,12H2,1-5H3,(H,13,16). The minimum absolute atomic E-state index is 0.109. The van der Waals surface area contributed by atoms with E-state index in [9.17, 15) is 9.59 Å². The molecular formula is C11H23N3O2. The monoisotopic (exact) mass is 229 g/mol. The highest BCUT2D eigenvalue weighted by Gasteiger charge is 2.29. The van der Waals surface area contributed by atoms with E-state index in [0.717, 1.165) is 0 Å². The average Bonchev–Trinajstić information content (AvgIpc) is 2.26. The lowest BCUT2D eigenvalue weighted by molar-refractivity contribution is -0.136. The highest BCUT2D eigenvalue weighted by Crippen LogP contribution is 2.05. The molecule has 0 spiro atoms. The fraction of sp³-hybridized carbons (Fsp3) is 0.818. The first-order valence-electron chi connectivity index (χ1n) is 5.61. The van der Waals surface area contributed by atoms with Crippen molar-refractivity contribution >= 4 is 11.8 Å². The summed E-state index contributed by atoms with van der Waals surface area (Å²) in [5.74, 6) is -0.400. The predicted molar refractivity (Wildman–Crippen MR) is 63.8 cm³/mol. The fourth-order valence-corrected chi connectivity index (χ4v) is 1.07. The highest BCUT2D eigenvalue weighted by atomic mass is 16.2. The molecule has 5 nitrogen and oxygen atoms in total. The molecule has 0 fully saturated rings. The van der Waals surface area contributed by atoms with Gasteiger partial charge in [0.15, 0.2) is 0 Å².